The number of aromatic carboxylic acids is 1. The van der Waals surface area contributed by atoms with Gasteiger partial charge in [-0.25, -0.2) is 9.13 Å². The zero-order chi connectivity index (χ0) is 18.2. The number of hydrogen-bond acceptors (Lipinski definition) is 2. The molecule has 0 fully saturated rings. The van der Waals surface area contributed by atoms with Gasteiger partial charge >= 0.3 is 0 Å². The van der Waals surface area contributed by atoms with Gasteiger partial charge in [-0.15, -0.1) is 0 Å². The van der Waals surface area contributed by atoms with Crippen LogP contribution in [0.15, 0.2) is 30.5 Å². The van der Waals surface area contributed by atoms with E-state index in [1.165, 1.54) is 43.6 Å². The van der Waals surface area contributed by atoms with Gasteiger partial charge in [-0.1, -0.05) is 56.9 Å². The number of imidazole rings is 1. The second-order valence-electron chi connectivity index (χ2n) is 6.71. The average Bonchev–Trinajstić information content (AvgIpc) is 2.89. The molecule has 1 heterocycles. The molecule has 4 heteroatoms. The molecule has 1 aromatic carbocycles. The molecule has 1 aromatic heterocycles. The highest BCUT2D eigenvalue weighted by Crippen LogP contribution is 2.11. The zero-order valence-corrected chi connectivity index (χ0v) is 15.8. The summed E-state index contributed by atoms with van der Waals surface area (Å²) in [5, 5.41) is 10.9. The number of nitrogens with zero attached hydrogens (tertiary/aromatic N) is 2. The molecule has 0 saturated heterocycles. The van der Waals surface area contributed by atoms with Gasteiger partial charge in [-0.05, 0) is 24.5 Å². The van der Waals surface area contributed by atoms with Crippen molar-refractivity contribution in [1.82, 2.24) is 4.57 Å². The minimum absolute atomic E-state index is 0.229. The minimum Gasteiger partial charge on any atom is -0.545 e. The first-order chi connectivity index (χ1) is 12.1. The second kappa shape index (κ2) is 9.40. The van der Waals surface area contributed by atoms with Crippen LogP contribution >= 0.6 is 0 Å². The highest BCUT2D eigenvalue weighted by molar-refractivity contribution is 5.85. The van der Waals surface area contributed by atoms with E-state index in [0.29, 0.717) is 0 Å². The molecule has 0 saturated carbocycles. The number of carboxylic acid groups (broad SMARTS) is 1. The molecule has 2 rings (SSSR count). The molecular formula is C21H30N2O2. The Bertz CT molecular complexity index is 687. The Morgan fingerprint density at radius 3 is 2.36 bits per heavy atom. The van der Waals surface area contributed by atoms with E-state index in [4.69, 9.17) is 0 Å². The quantitative estimate of drug-likeness (QED) is 0.492. The molecule has 0 radical (unpaired) electrons. The fourth-order valence-electron chi connectivity index (χ4n) is 3.41. The Morgan fingerprint density at radius 2 is 1.76 bits per heavy atom. The number of rotatable bonds is 10. The summed E-state index contributed by atoms with van der Waals surface area (Å²) in [5.74, 6) is 0.237. The van der Waals surface area contributed by atoms with Crippen molar-refractivity contribution in [2.75, 3.05) is 0 Å². The molecule has 2 aromatic rings. The molecule has 0 aliphatic carbocycles. The van der Waals surface area contributed by atoms with Crippen molar-refractivity contribution in [3.8, 4) is 0 Å². The van der Waals surface area contributed by atoms with Gasteiger partial charge in [-0.3, -0.25) is 0 Å². The van der Waals surface area contributed by atoms with Crippen molar-refractivity contribution in [2.45, 2.75) is 72.4 Å². The van der Waals surface area contributed by atoms with Crippen molar-refractivity contribution in [3.05, 3.63) is 53.1 Å². The summed E-state index contributed by atoms with van der Waals surface area (Å²) in [4.78, 5) is 10.9. The van der Waals surface area contributed by atoms with Crippen LogP contribution in [-0.2, 0) is 19.5 Å². The molecule has 0 atom stereocenters. The molecule has 136 valence electrons. The molecule has 0 N–H and O–H groups in total. The Hall–Kier alpha value is -2.10. The number of carbonyl (C=O) groups excluding carboxylic acids is 1. The molecule has 4 nitrogen and oxygen atoms in total. The summed E-state index contributed by atoms with van der Waals surface area (Å²) in [7, 11) is 0. The van der Waals surface area contributed by atoms with E-state index in [1.54, 1.807) is 12.1 Å². The van der Waals surface area contributed by atoms with Crippen LogP contribution in [0.2, 0.25) is 0 Å². The van der Waals surface area contributed by atoms with Gasteiger partial charge in [0, 0.05) is 13.3 Å². The van der Waals surface area contributed by atoms with Crippen LogP contribution in [0.5, 0.6) is 0 Å². The highest BCUT2D eigenvalue weighted by Gasteiger charge is 2.19. The van der Waals surface area contributed by atoms with Gasteiger partial charge in [0.15, 0.2) is 0 Å². The SMILES string of the molecule is CCCCCCCc1n(CC)c(C)c[n+]1Cc1ccc(C(=O)[O-])cc1. The lowest BCUT2D eigenvalue weighted by Gasteiger charge is -2.07. The largest absolute Gasteiger partial charge is 0.545 e. The number of carbonyl (C=O) groups is 1. The van der Waals surface area contributed by atoms with Gasteiger partial charge in [0.25, 0.3) is 5.82 Å². The van der Waals surface area contributed by atoms with Crippen molar-refractivity contribution in [2.24, 2.45) is 0 Å². The standard InChI is InChI=1S/C21H30N2O2/c1-4-6-7-8-9-10-20-22(15-17(3)23(20)5-2)16-18-11-13-19(14-12-18)21(24)25/h11-15H,4-10,16H2,1-3H3. The number of aromatic nitrogens is 2. The fourth-order valence-corrected chi connectivity index (χ4v) is 3.41. The number of hydrogen-bond donors (Lipinski definition) is 0. The van der Waals surface area contributed by atoms with Crippen LogP contribution in [0.25, 0.3) is 0 Å². The predicted octanol–water partition coefficient (Wildman–Crippen LogP) is 3.03. The van der Waals surface area contributed by atoms with Gasteiger partial charge in [0.05, 0.1) is 12.5 Å². The predicted molar refractivity (Wildman–Crippen MR) is 97.4 cm³/mol. The third-order valence-electron chi connectivity index (χ3n) is 4.77. The minimum atomic E-state index is -1.13. The second-order valence-corrected chi connectivity index (χ2v) is 6.71. The van der Waals surface area contributed by atoms with Crippen molar-refractivity contribution >= 4 is 5.97 Å². The first-order valence-corrected chi connectivity index (χ1v) is 9.45. The topological polar surface area (TPSA) is 48.9 Å². The maximum atomic E-state index is 10.9. The summed E-state index contributed by atoms with van der Waals surface area (Å²) in [6, 6.07) is 7.00. The summed E-state index contributed by atoms with van der Waals surface area (Å²) < 4.78 is 4.70. The van der Waals surface area contributed by atoms with E-state index < -0.39 is 5.97 Å². The smallest absolute Gasteiger partial charge is 0.256 e. The molecule has 0 aliphatic heterocycles. The summed E-state index contributed by atoms with van der Waals surface area (Å²) in [6.45, 7) is 8.33. The van der Waals surface area contributed by atoms with E-state index in [0.717, 1.165) is 25.1 Å². The number of carboxylic acids is 1. The van der Waals surface area contributed by atoms with Crippen molar-refractivity contribution in [3.63, 3.8) is 0 Å². The molecule has 0 aliphatic rings. The van der Waals surface area contributed by atoms with Gasteiger partial charge in [-0.2, -0.15) is 0 Å². The zero-order valence-electron chi connectivity index (χ0n) is 15.8. The Kier molecular flexibility index (Phi) is 7.23. The van der Waals surface area contributed by atoms with Gasteiger partial charge < -0.3 is 9.90 Å². The highest BCUT2D eigenvalue weighted by atomic mass is 16.4. The lowest BCUT2D eigenvalue weighted by Crippen LogP contribution is -2.37. The van der Waals surface area contributed by atoms with Crippen LogP contribution in [0.4, 0.5) is 0 Å². The maximum Gasteiger partial charge on any atom is 0.256 e. The molecule has 0 unspecified atom stereocenters. The van der Waals surface area contributed by atoms with Crippen LogP contribution in [0.1, 0.15) is 73.4 Å². The summed E-state index contributed by atoms with van der Waals surface area (Å²) in [5.41, 5.74) is 2.61. The van der Waals surface area contributed by atoms with Gasteiger partial charge in [0.2, 0.25) is 0 Å². The maximum absolute atomic E-state index is 10.9. The van der Waals surface area contributed by atoms with Gasteiger partial charge in [0.1, 0.15) is 18.4 Å². The monoisotopic (exact) mass is 342 g/mol. The average molecular weight is 342 g/mol. The molecular weight excluding hydrogens is 312 g/mol. The van der Waals surface area contributed by atoms with E-state index >= 15 is 0 Å². The summed E-state index contributed by atoms with van der Waals surface area (Å²) in [6.07, 6.45) is 9.69. The van der Waals surface area contributed by atoms with Crippen molar-refractivity contribution in [1.29, 1.82) is 0 Å². The molecule has 0 spiro atoms. The van der Waals surface area contributed by atoms with E-state index in [9.17, 15) is 9.90 Å². The Morgan fingerprint density at radius 1 is 1.08 bits per heavy atom. The first kappa shape index (κ1) is 19.2. The Balaban J connectivity index is 2.11. The molecule has 25 heavy (non-hydrogen) atoms. The lowest BCUT2D eigenvalue weighted by atomic mass is 10.1. The van der Waals surface area contributed by atoms with Crippen LogP contribution in [-0.4, -0.2) is 10.5 Å². The van der Waals surface area contributed by atoms with Crippen LogP contribution in [0.3, 0.4) is 0 Å². The number of unbranched alkanes of at least 4 members (excludes halogenated alkanes) is 4. The van der Waals surface area contributed by atoms with Crippen LogP contribution < -0.4 is 9.67 Å². The van der Waals surface area contributed by atoms with Crippen molar-refractivity contribution < 1.29 is 14.5 Å². The summed E-state index contributed by atoms with van der Waals surface area (Å²) >= 11 is 0. The molecule has 0 bridgehead atoms. The normalized spacial score (nSPS) is 11.0. The Labute approximate surface area is 151 Å². The van der Waals surface area contributed by atoms with E-state index in [2.05, 4.69) is 36.1 Å². The van der Waals surface area contributed by atoms with Crippen LogP contribution in [0, 0.1) is 6.92 Å². The lowest BCUT2D eigenvalue weighted by molar-refractivity contribution is -0.695. The van der Waals surface area contributed by atoms with E-state index in [-0.39, 0.29) is 5.56 Å². The molecule has 0 amide bonds. The number of benzene rings is 1. The van der Waals surface area contributed by atoms with E-state index in [1.807, 2.05) is 12.1 Å². The number of aryl methyl sites for hydroxylation is 1. The fraction of sp³-hybridized carbons (Fsp3) is 0.524. The third-order valence-corrected chi connectivity index (χ3v) is 4.77. The first-order valence-electron chi connectivity index (χ1n) is 9.45. The third kappa shape index (κ3) is 5.18.